The van der Waals surface area contributed by atoms with E-state index in [1.54, 1.807) is 31.2 Å². The molecule has 1 heterocycles. The maximum absolute atomic E-state index is 13.3. The van der Waals surface area contributed by atoms with Crippen molar-refractivity contribution in [3.63, 3.8) is 0 Å². The molecular weight excluding hydrogens is 609 g/mol. The Hall–Kier alpha value is -5.50. The molecule has 244 valence electrons. The van der Waals surface area contributed by atoms with Gasteiger partial charge in [-0.25, -0.2) is 14.2 Å². The van der Waals surface area contributed by atoms with Crippen LogP contribution >= 0.6 is 0 Å². The normalized spacial score (nSPS) is 13.0. The van der Waals surface area contributed by atoms with Crippen LogP contribution in [0.3, 0.4) is 0 Å². The summed E-state index contributed by atoms with van der Waals surface area (Å²) in [4.78, 5) is 30.0. The number of Topliss-reactive ketones (excluding diaryl/α,β-unsaturated/α-hetero) is 1. The van der Waals surface area contributed by atoms with E-state index in [1.165, 1.54) is 12.1 Å². The van der Waals surface area contributed by atoms with Crippen LogP contribution in [0.2, 0.25) is 0 Å². The Morgan fingerprint density at radius 2 is 1.69 bits per heavy atom. The van der Waals surface area contributed by atoms with E-state index in [-0.39, 0.29) is 24.8 Å². The number of aromatic nitrogens is 1. The molecule has 0 amide bonds. The third-order valence-corrected chi connectivity index (χ3v) is 8.19. The van der Waals surface area contributed by atoms with Crippen molar-refractivity contribution in [2.45, 2.75) is 52.2 Å². The predicted molar refractivity (Wildman–Crippen MR) is 181 cm³/mol. The molecule has 0 saturated carbocycles. The third kappa shape index (κ3) is 7.72. The molecule has 1 aliphatic rings. The summed E-state index contributed by atoms with van der Waals surface area (Å²) in [6, 6.07) is 27.1. The Balaban J connectivity index is 1.14. The average Bonchev–Trinajstić information content (AvgIpc) is 3.66. The number of allylic oxidation sites excluding steroid dienone is 1. The summed E-state index contributed by atoms with van der Waals surface area (Å²) in [5.74, 6) is 1.67. The zero-order valence-electron chi connectivity index (χ0n) is 26.9. The minimum atomic E-state index is -0.811. The number of oxazole rings is 1. The lowest BCUT2D eigenvalue weighted by Crippen LogP contribution is -2.29. The molecule has 0 bridgehead atoms. The van der Waals surface area contributed by atoms with Crippen LogP contribution in [0, 0.1) is 12.7 Å². The van der Waals surface area contributed by atoms with Crippen LogP contribution in [0.15, 0.2) is 101 Å². The first-order chi connectivity index (χ1) is 23.4. The van der Waals surface area contributed by atoms with Crippen molar-refractivity contribution in [3.05, 3.63) is 131 Å². The molecule has 5 aromatic rings. The lowest BCUT2D eigenvalue weighted by molar-refractivity contribution is -0.151. The van der Waals surface area contributed by atoms with Gasteiger partial charge in [0.1, 0.15) is 35.4 Å². The summed E-state index contributed by atoms with van der Waals surface area (Å²) in [6.45, 7) is 4.03. The molecule has 1 atom stereocenters. The Labute approximate surface area is 279 Å². The number of halogens is 1. The molecule has 4 aromatic carbocycles. The second-order valence-corrected chi connectivity index (χ2v) is 11.5. The van der Waals surface area contributed by atoms with Crippen LogP contribution < -0.4 is 9.47 Å². The Morgan fingerprint density at radius 1 is 0.958 bits per heavy atom. The van der Waals surface area contributed by atoms with Gasteiger partial charge < -0.3 is 18.6 Å². The molecule has 0 saturated heterocycles. The van der Waals surface area contributed by atoms with Gasteiger partial charge in [-0.3, -0.25) is 4.79 Å². The van der Waals surface area contributed by atoms with Gasteiger partial charge in [0.25, 0.3) is 0 Å². The van der Waals surface area contributed by atoms with Gasteiger partial charge in [-0.05, 0) is 98.3 Å². The summed E-state index contributed by atoms with van der Waals surface area (Å²) >= 11 is 0. The molecule has 1 aliphatic carbocycles. The van der Waals surface area contributed by atoms with Crippen molar-refractivity contribution < 1.29 is 32.6 Å². The Morgan fingerprint density at radius 3 is 2.42 bits per heavy atom. The monoisotopic (exact) mass is 645 g/mol. The maximum atomic E-state index is 13.3. The lowest BCUT2D eigenvalue weighted by atomic mass is 10.0. The minimum absolute atomic E-state index is 0.106. The van der Waals surface area contributed by atoms with Crippen molar-refractivity contribution in [1.82, 2.24) is 4.98 Å². The fourth-order valence-electron chi connectivity index (χ4n) is 5.61. The van der Waals surface area contributed by atoms with Gasteiger partial charge in [0.15, 0.2) is 11.9 Å². The summed E-state index contributed by atoms with van der Waals surface area (Å²) in [7, 11) is 0. The van der Waals surface area contributed by atoms with Crippen LogP contribution in [-0.2, 0) is 22.6 Å². The zero-order valence-corrected chi connectivity index (χ0v) is 26.9. The number of carbonyl (C=O) groups is 2. The van der Waals surface area contributed by atoms with E-state index in [0.29, 0.717) is 60.1 Å². The Kier molecular flexibility index (Phi) is 10.1. The van der Waals surface area contributed by atoms with Crippen LogP contribution in [0.1, 0.15) is 59.1 Å². The van der Waals surface area contributed by atoms with Crippen molar-refractivity contribution in [1.29, 1.82) is 0 Å². The largest absolute Gasteiger partial charge is 0.487 e. The fraction of sp³-hybridized carbons (Fsp3) is 0.225. The lowest BCUT2D eigenvalue weighted by Gasteiger charge is -2.17. The summed E-state index contributed by atoms with van der Waals surface area (Å²) in [5.41, 5.74) is 5.85. The number of nitrogens with zero attached hydrogens (tertiary/aromatic N) is 1. The molecule has 6 rings (SSSR count). The van der Waals surface area contributed by atoms with E-state index in [9.17, 15) is 14.0 Å². The van der Waals surface area contributed by atoms with Crippen LogP contribution in [0.5, 0.6) is 11.5 Å². The van der Waals surface area contributed by atoms with E-state index >= 15 is 0 Å². The first-order valence-electron chi connectivity index (χ1n) is 16.1. The van der Waals surface area contributed by atoms with Crippen molar-refractivity contribution >= 4 is 17.8 Å². The number of aryl methyl sites for hydroxylation is 2. The summed E-state index contributed by atoms with van der Waals surface area (Å²) in [6.07, 6.45) is 5.18. The molecule has 0 radical (unpaired) electrons. The highest BCUT2D eigenvalue weighted by molar-refractivity contribution is 6.01. The van der Waals surface area contributed by atoms with Crippen molar-refractivity contribution in [3.8, 4) is 34.1 Å². The number of hydrogen-bond donors (Lipinski definition) is 0. The van der Waals surface area contributed by atoms with Crippen LogP contribution in [0.25, 0.3) is 28.7 Å². The first-order valence-corrected chi connectivity index (χ1v) is 16.1. The molecule has 7 nitrogen and oxygen atoms in total. The number of hydrogen-bond acceptors (Lipinski definition) is 7. The van der Waals surface area contributed by atoms with Crippen molar-refractivity contribution in [2.24, 2.45) is 0 Å². The van der Waals surface area contributed by atoms with Gasteiger partial charge in [0.2, 0.25) is 5.89 Å². The molecule has 0 N–H and O–H groups in total. The number of rotatable bonds is 13. The number of benzene rings is 4. The smallest absolute Gasteiger partial charge is 0.347 e. The van der Waals surface area contributed by atoms with Gasteiger partial charge >= 0.3 is 5.97 Å². The van der Waals surface area contributed by atoms with E-state index in [2.05, 4.69) is 4.98 Å². The molecule has 48 heavy (non-hydrogen) atoms. The number of fused-ring (bicyclic) bond motifs is 1. The summed E-state index contributed by atoms with van der Waals surface area (Å²) < 4.78 is 36.9. The second-order valence-electron chi connectivity index (χ2n) is 11.5. The topological polar surface area (TPSA) is 87.9 Å². The Bertz CT molecular complexity index is 1910. The minimum Gasteiger partial charge on any atom is -0.487 e. The van der Waals surface area contributed by atoms with Crippen LogP contribution in [-0.4, -0.2) is 29.4 Å². The standard InChI is InChI=1S/C40H36FNO6/c1-3-45-40(44)37(48-33-20-15-28(16-21-33)27-13-18-32(41)19-14-27)12-8-7-11-31-23-30-17-22-36(43)34(30)24-38(31)46-25-35-26(2)47-39(42-35)29-9-5-4-6-10-29/h4-7,9-11,13-16,18-21,23-24,37H,3,8,12,17,22,25H2,1-2H3. The number of esters is 1. The quantitative estimate of drug-likeness (QED) is 0.118. The van der Waals surface area contributed by atoms with Gasteiger partial charge in [0.05, 0.1) is 6.61 Å². The fourth-order valence-corrected chi connectivity index (χ4v) is 5.61. The zero-order chi connectivity index (χ0) is 33.5. The third-order valence-electron chi connectivity index (χ3n) is 8.19. The highest BCUT2D eigenvalue weighted by Crippen LogP contribution is 2.32. The first kappa shape index (κ1) is 32.4. The number of ketones is 1. The van der Waals surface area contributed by atoms with Gasteiger partial charge in [0, 0.05) is 23.1 Å². The SMILES string of the molecule is CCOC(=O)C(CCC=Cc1cc2c(cc1OCc1nc(-c3ccccc3)oc1C)C(=O)CC2)Oc1ccc(-c2ccc(F)cc2)cc1. The molecular formula is C40H36FNO6. The molecule has 1 aromatic heterocycles. The maximum Gasteiger partial charge on any atom is 0.347 e. The second kappa shape index (κ2) is 14.9. The van der Waals surface area contributed by atoms with E-state index in [1.807, 2.05) is 73.7 Å². The number of ether oxygens (including phenoxy) is 3. The van der Waals surface area contributed by atoms with E-state index in [4.69, 9.17) is 18.6 Å². The van der Waals surface area contributed by atoms with E-state index < -0.39 is 12.1 Å². The van der Waals surface area contributed by atoms with Gasteiger partial charge in [-0.2, -0.15) is 0 Å². The average molecular weight is 646 g/mol. The molecule has 8 heteroatoms. The molecule has 0 aliphatic heterocycles. The predicted octanol–water partition coefficient (Wildman–Crippen LogP) is 8.97. The molecule has 0 spiro atoms. The highest BCUT2D eigenvalue weighted by atomic mass is 19.1. The molecule has 0 fully saturated rings. The number of carbonyl (C=O) groups excluding carboxylic acids is 2. The van der Waals surface area contributed by atoms with Crippen LogP contribution in [0.4, 0.5) is 4.39 Å². The van der Waals surface area contributed by atoms with Gasteiger partial charge in [-0.1, -0.05) is 54.6 Å². The van der Waals surface area contributed by atoms with Gasteiger partial charge in [-0.15, -0.1) is 0 Å². The highest BCUT2D eigenvalue weighted by Gasteiger charge is 2.23. The van der Waals surface area contributed by atoms with Crippen molar-refractivity contribution in [2.75, 3.05) is 6.61 Å². The summed E-state index contributed by atoms with van der Waals surface area (Å²) in [5, 5.41) is 0. The van der Waals surface area contributed by atoms with E-state index in [0.717, 1.165) is 27.8 Å². The molecule has 1 unspecified atom stereocenters.